The number of hydrogen-bond acceptors (Lipinski definition) is 5. The molecule has 6 nitrogen and oxygen atoms in total. The van der Waals surface area contributed by atoms with Gasteiger partial charge in [0.05, 0.1) is 0 Å². The van der Waals surface area contributed by atoms with E-state index in [0.717, 1.165) is 17.9 Å². The van der Waals surface area contributed by atoms with Crippen molar-refractivity contribution in [3.8, 4) is 0 Å². The van der Waals surface area contributed by atoms with Crippen molar-refractivity contribution in [1.82, 2.24) is 25.0 Å². The van der Waals surface area contributed by atoms with Crippen LogP contribution in [0.4, 0.5) is 11.5 Å². The molecule has 0 bridgehead atoms. The van der Waals surface area contributed by atoms with Crippen LogP contribution in [0.15, 0.2) is 24.5 Å². The second-order valence-electron chi connectivity index (χ2n) is 4.80. The summed E-state index contributed by atoms with van der Waals surface area (Å²) in [5, 5.41) is 11.5. The van der Waals surface area contributed by atoms with Crippen molar-refractivity contribution in [3.63, 3.8) is 0 Å². The van der Waals surface area contributed by atoms with Gasteiger partial charge in [0.25, 0.3) is 0 Å². The Kier molecular flexibility index (Phi) is 3.06. The molecule has 0 unspecified atom stereocenters. The molecule has 102 valence electrons. The minimum Gasteiger partial charge on any atom is -0.338 e. The predicted octanol–water partition coefficient (Wildman–Crippen LogP) is 2.60. The predicted molar refractivity (Wildman–Crippen MR) is 78.0 cm³/mol. The maximum absolute atomic E-state index is 4.27. The molecule has 0 amide bonds. The number of nitrogens with one attached hydrogen (secondary N) is 1. The zero-order chi connectivity index (χ0) is 14.1. The van der Waals surface area contributed by atoms with Crippen molar-refractivity contribution in [1.29, 1.82) is 0 Å². The van der Waals surface area contributed by atoms with Crippen LogP contribution in [-0.2, 0) is 6.54 Å². The van der Waals surface area contributed by atoms with Gasteiger partial charge in [-0.2, -0.15) is 0 Å². The van der Waals surface area contributed by atoms with Crippen LogP contribution >= 0.6 is 0 Å². The molecule has 2 heterocycles. The summed E-state index contributed by atoms with van der Waals surface area (Å²) < 4.78 is 1.75. The molecule has 0 radical (unpaired) electrons. The van der Waals surface area contributed by atoms with Crippen LogP contribution < -0.4 is 5.32 Å². The Balaban J connectivity index is 2.04. The van der Waals surface area contributed by atoms with Crippen LogP contribution in [0.1, 0.15) is 18.1 Å². The number of aryl methyl sites for hydroxylation is 3. The lowest BCUT2D eigenvalue weighted by molar-refractivity contribution is 0.641. The van der Waals surface area contributed by atoms with Gasteiger partial charge in [-0.25, -0.2) is 14.6 Å². The summed E-state index contributed by atoms with van der Waals surface area (Å²) in [6.45, 7) is 6.88. The van der Waals surface area contributed by atoms with Crippen molar-refractivity contribution >= 4 is 22.7 Å². The molecule has 1 aromatic carbocycles. The molecule has 3 aromatic rings. The Morgan fingerprint density at radius 1 is 1.10 bits per heavy atom. The first-order valence-electron chi connectivity index (χ1n) is 6.57. The van der Waals surface area contributed by atoms with Gasteiger partial charge in [-0.15, -0.1) is 5.10 Å². The molecule has 1 N–H and O–H groups in total. The Labute approximate surface area is 116 Å². The molecule has 2 aromatic heterocycles. The largest absolute Gasteiger partial charge is 0.338 e. The second-order valence-corrected chi connectivity index (χ2v) is 4.80. The number of benzene rings is 1. The van der Waals surface area contributed by atoms with Gasteiger partial charge in [0.15, 0.2) is 17.0 Å². The van der Waals surface area contributed by atoms with E-state index < -0.39 is 0 Å². The van der Waals surface area contributed by atoms with E-state index in [-0.39, 0.29) is 0 Å². The standard InChI is InChI=1S/C14H16N6/c1-4-20-14-12(18-19-20)13(15-8-16-14)17-11-6-9(2)5-10(3)7-11/h5-8H,4H2,1-3H3,(H,15,16,17). The van der Waals surface area contributed by atoms with Gasteiger partial charge in [0.2, 0.25) is 0 Å². The van der Waals surface area contributed by atoms with Gasteiger partial charge < -0.3 is 5.32 Å². The van der Waals surface area contributed by atoms with E-state index in [1.54, 1.807) is 4.68 Å². The summed E-state index contributed by atoms with van der Waals surface area (Å²) in [7, 11) is 0. The van der Waals surface area contributed by atoms with Gasteiger partial charge in [-0.05, 0) is 44.0 Å². The highest BCUT2D eigenvalue weighted by molar-refractivity contribution is 5.84. The lowest BCUT2D eigenvalue weighted by Gasteiger charge is -2.07. The highest BCUT2D eigenvalue weighted by Gasteiger charge is 2.11. The van der Waals surface area contributed by atoms with E-state index in [9.17, 15) is 0 Å². The molecule has 6 heteroatoms. The van der Waals surface area contributed by atoms with Crippen LogP contribution in [0, 0.1) is 13.8 Å². The molecule has 3 rings (SSSR count). The second kappa shape index (κ2) is 4.88. The third-order valence-corrected chi connectivity index (χ3v) is 3.08. The van der Waals surface area contributed by atoms with Crippen LogP contribution in [0.2, 0.25) is 0 Å². The molecule has 0 atom stereocenters. The maximum atomic E-state index is 4.27. The number of anilines is 2. The summed E-state index contributed by atoms with van der Waals surface area (Å²) in [6.07, 6.45) is 1.53. The summed E-state index contributed by atoms with van der Waals surface area (Å²) in [4.78, 5) is 8.51. The minimum absolute atomic E-state index is 0.680. The van der Waals surface area contributed by atoms with E-state index >= 15 is 0 Å². The Hall–Kier alpha value is -2.50. The van der Waals surface area contributed by atoms with E-state index in [2.05, 4.69) is 57.6 Å². The monoisotopic (exact) mass is 268 g/mol. The molecule has 0 spiro atoms. The molecule has 0 aliphatic carbocycles. The molecule has 20 heavy (non-hydrogen) atoms. The highest BCUT2D eigenvalue weighted by Crippen LogP contribution is 2.22. The molecular formula is C14H16N6. The molecule has 0 fully saturated rings. The molecule has 0 aliphatic heterocycles. The van der Waals surface area contributed by atoms with E-state index in [0.29, 0.717) is 11.3 Å². The molecular weight excluding hydrogens is 252 g/mol. The number of rotatable bonds is 3. The topological polar surface area (TPSA) is 68.5 Å². The first-order chi connectivity index (χ1) is 9.67. The first kappa shape index (κ1) is 12.5. The van der Waals surface area contributed by atoms with Crippen molar-refractivity contribution < 1.29 is 0 Å². The maximum Gasteiger partial charge on any atom is 0.183 e. The minimum atomic E-state index is 0.680. The summed E-state index contributed by atoms with van der Waals surface area (Å²) >= 11 is 0. The zero-order valence-corrected chi connectivity index (χ0v) is 11.8. The van der Waals surface area contributed by atoms with Crippen molar-refractivity contribution in [3.05, 3.63) is 35.7 Å². The van der Waals surface area contributed by atoms with E-state index in [1.165, 1.54) is 17.5 Å². The normalized spacial score (nSPS) is 10.9. The Morgan fingerprint density at radius 2 is 1.85 bits per heavy atom. The number of nitrogens with zero attached hydrogens (tertiary/aromatic N) is 5. The summed E-state index contributed by atoms with van der Waals surface area (Å²) in [6, 6.07) is 6.28. The average molecular weight is 268 g/mol. The molecule has 0 aliphatic rings. The third kappa shape index (κ3) is 2.20. The van der Waals surface area contributed by atoms with Gasteiger partial charge in [0.1, 0.15) is 6.33 Å². The lowest BCUT2D eigenvalue weighted by Crippen LogP contribution is -1.99. The number of aromatic nitrogens is 5. The molecule has 0 saturated carbocycles. The number of fused-ring (bicyclic) bond motifs is 1. The van der Waals surface area contributed by atoms with Crippen LogP contribution in [-0.4, -0.2) is 25.0 Å². The van der Waals surface area contributed by atoms with Gasteiger partial charge >= 0.3 is 0 Å². The third-order valence-electron chi connectivity index (χ3n) is 3.08. The van der Waals surface area contributed by atoms with Crippen molar-refractivity contribution in [2.75, 3.05) is 5.32 Å². The molecule has 0 saturated heterocycles. The Bertz CT molecular complexity index is 741. The fraction of sp³-hybridized carbons (Fsp3) is 0.286. The summed E-state index contributed by atoms with van der Waals surface area (Å²) in [5.41, 5.74) is 4.83. The van der Waals surface area contributed by atoms with Crippen molar-refractivity contribution in [2.45, 2.75) is 27.3 Å². The summed E-state index contributed by atoms with van der Waals surface area (Å²) in [5.74, 6) is 0.680. The average Bonchev–Trinajstić information content (AvgIpc) is 2.81. The Morgan fingerprint density at radius 3 is 2.55 bits per heavy atom. The lowest BCUT2D eigenvalue weighted by atomic mass is 10.1. The van der Waals surface area contributed by atoms with Gasteiger partial charge in [-0.1, -0.05) is 11.3 Å². The van der Waals surface area contributed by atoms with Gasteiger partial charge in [0, 0.05) is 12.2 Å². The fourth-order valence-corrected chi connectivity index (χ4v) is 2.28. The fourth-order valence-electron chi connectivity index (χ4n) is 2.28. The van der Waals surface area contributed by atoms with Gasteiger partial charge in [-0.3, -0.25) is 0 Å². The first-order valence-corrected chi connectivity index (χ1v) is 6.57. The number of hydrogen-bond donors (Lipinski definition) is 1. The highest BCUT2D eigenvalue weighted by atomic mass is 15.4. The van der Waals surface area contributed by atoms with Crippen LogP contribution in [0.5, 0.6) is 0 Å². The SMILES string of the molecule is CCn1nnc2c(Nc3cc(C)cc(C)c3)ncnc21. The van der Waals surface area contributed by atoms with Crippen molar-refractivity contribution in [2.24, 2.45) is 0 Å². The smallest absolute Gasteiger partial charge is 0.183 e. The van der Waals surface area contributed by atoms with E-state index in [1.807, 2.05) is 6.92 Å². The van der Waals surface area contributed by atoms with E-state index in [4.69, 9.17) is 0 Å². The van der Waals surface area contributed by atoms with Crippen LogP contribution in [0.25, 0.3) is 11.2 Å². The quantitative estimate of drug-likeness (QED) is 0.790. The van der Waals surface area contributed by atoms with Crippen LogP contribution in [0.3, 0.4) is 0 Å². The zero-order valence-electron chi connectivity index (χ0n) is 11.8.